The Balaban J connectivity index is 1.54. The first-order valence-corrected chi connectivity index (χ1v) is 8.43. The lowest BCUT2D eigenvalue weighted by Gasteiger charge is -2.25. The molecule has 1 atom stereocenters. The smallest absolute Gasteiger partial charge is 0.245 e. The average molecular weight is 329 g/mol. The molecule has 3 aromatic rings. The quantitative estimate of drug-likeness (QED) is 0.768. The van der Waals surface area contributed by atoms with Crippen molar-refractivity contribution in [3.8, 4) is 0 Å². The molecule has 124 valence electrons. The molecule has 1 aliphatic rings. The molecule has 0 aliphatic carbocycles. The molecule has 4 heteroatoms. The molecule has 1 unspecified atom stereocenters. The first-order chi connectivity index (χ1) is 12.3. The molecule has 4 rings (SSSR count). The van der Waals surface area contributed by atoms with Gasteiger partial charge in [0.15, 0.2) is 0 Å². The topological polar surface area (TPSA) is 54.0 Å². The molecule has 0 spiro atoms. The highest BCUT2D eigenvalue weighted by molar-refractivity contribution is 5.95. The van der Waals surface area contributed by atoms with Crippen LogP contribution in [0.4, 0.5) is 5.69 Å². The van der Waals surface area contributed by atoms with E-state index in [9.17, 15) is 4.79 Å². The zero-order valence-corrected chi connectivity index (χ0v) is 13.8. The van der Waals surface area contributed by atoms with E-state index >= 15 is 0 Å². The molecule has 2 N–H and O–H groups in total. The van der Waals surface area contributed by atoms with E-state index in [-0.39, 0.29) is 11.9 Å². The van der Waals surface area contributed by atoms with Crippen molar-refractivity contribution in [3.63, 3.8) is 0 Å². The van der Waals surface area contributed by atoms with E-state index < -0.39 is 0 Å². The predicted octanol–water partition coefficient (Wildman–Crippen LogP) is 3.66. The maximum Gasteiger partial charge on any atom is 0.245 e. The monoisotopic (exact) mass is 329 g/mol. The van der Waals surface area contributed by atoms with Crippen LogP contribution < -0.4 is 10.6 Å². The van der Waals surface area contributed by atoms with Crippen molar-refractivity contribution in [2.75, 3.05) is 5.32 Å². The third-order valence-corrected chi connectivity index (χ3v) is 4.42. The molecular weight excluding hydrogens is 310 g/mol. The maximum atomic E-state index is 12.1. The average Bonchev–Trinajstić information content (AvgIpc) is 2.62. The van der Waals surface area contributed by atoms with Crippen LogP contribution in [0.3, 0.4) is 0 Å². The van der Waals surface area contributed by atoms with Gasteiger partial charge < -0.3 is 10.6 Å². The van der Waals surface area contributed by atoms with E-state index in [1.54, 1.807) is 12.3 Å². The van der Waals surface area contributed by atoms with E-state index in [1.165, 1.54) is 5.56 Å². The van der Waals surface area contributed by atoms with Crippen molar-refractivity contribution in [3.05, 3.63) is 84.3 Å². The second-order valence-electron chi connectivity index (χ2n) is 6.30. The van der Waals surface area contributed by atoms with Crippen LogP contribution in [0.25, 0.3) is 10.8 Å². The van der Waals surface area contributed by atoms with Gasteiger partial charge in [0.25, 0.3) is 0 Å². The number of rotatable bonds is 4. The molecule has 0 bridgehead atoms. The van der Waals surface area contributed by atoms with E-state index in [0.29, 0.717) is 0 Å². The highest BCUT2D eigenvalue weighted by Crippen LogP contribution is 2.25. The first-order valence-electron chi connectivity index (χ1n) is 8.43. The highest BCUT2D eigenvalue weighted by atomic mass is 16.1. The number of hydrogen-bond acceptors (Lipinski definition) is 3. The van der Waals surface area contributed by atoms with Gasteiger partial charge in [-0.2, -0.15) is 0 Å². The largest absolute Gasteiger partial charge is 0.358 e. The zero-order chi connectivity index (χ0) is 17.1. The second-order valence-corrected chi connectivity index (χ2v) is 6.30. The summed E-state index contributed by atoms with van der Waals surface area (Å²) in [5, 5.41) is 8.67. The number of nitrogens with zero attached hydrogens (tertiary/aromatic N) is 1. The maximum absolute atomic E-state index is 12.1. The third-order valence-electron chi connectivity index (χ3n) is 4.42. The van der Waals surface area contributed by atoms with Crippen molar-refractivity contribution in [2.45, 2.75) is 18.9 Å². The lowest BCUT2D eigenvalue weighted by atomic mass is 9.98. The second kappa shape index (κ2) is 6.77. The van der Waals surface area contributed by atoms with Gasteiger partial charge >= 0.3 is 0 Å². The summed E-state index contributed by atoms with van der Waals surface area (Å²) in [4.78, 5) is 16.3. The number of benzene rings is 2. The van der Waals surface area contributed by atoms with Crippen LogP contribution in [-0.2, 0) is 11.2 Å². The van der Waals surface area contributed by atoms with Crippen LogP contribution in [-0.4, -0.2) is 16.9 Å². The number of carbonyl (C=O) groups excluding carboxylic acids is 1. The van der Waals surface area contributed by atoms with Gasteiger partial charge in [-0.25, -0.2) is 0 Å². The van der Waals surface area contributed by atoms with Crippen molar-refractivity contribution in [1.82, 2.24) is 10.3 Å². The minimum atomic E-state index is -0.0448. The van der Waals surface area contributed by atoms with Gasteiger partial charge in [0.2, 0.25) is 5.91 Å². The number of carbonyl (C=O) groups is 1. The van der Waals surface area contributed by atoms with E-state index in [4.69, 9.17) is 0 Å². The molecule has 0 saturated carbocycles. The Morgan fingerprint density at radius 2 is 1.96 bits per heavy atom. The lowest BCUT2D eigenvalue weighted by molar-refractivity contribution is -0.117. The Labute approximate surface area is 146 Å². The van der Waals surface area contributed by atoms with Gasteiger partial charge in [0.1, 0.15) is 0 Å². The third kappa shape index (κ3) is 3.53. The normalized spacial score (nSPS) is 17.0. The Morgan fingerprint density at radius 1 is 1.08 bits per heavy atom. The Morgan fingerprint density at radius 3 is 2.84 bits per heavy atom. The summed E-state index contributed by atoms with van der Waals surface area (Å²) in [6.07, 6.45) is 6.89. The number of pyridine rings is 1. The molecule has 0 saturated heterocycles. The van der Waals surface area contributed by atoms with Crippen LogP contribution in [0.2, 0.25) is 0 Å². The van der Waals surface area contributed by atoms with Crippen LogP contribution in [0, 0.1) is 0 Å². The molecule has 25 heavy (non-hydrogen) atoms. The molecule has 2 heterocycles. The Hall–Kier alpha value is -3.14. The minimum Gasteiger partial charge on any atom is -0.358 e. The Bertz CT molecular complexity index is 929. The fraction of sp³-hybridized carbons (Fsp3) is 0.143. The molecule has 2 aromatic carbocycles. The zero-order valence-electron chi connectivity index (χ0n) is 13.8. The number of hydrogen-bond donors (Lipinski definition) is 2. The van der Waals surface area contributed by atoms with Crippen LogP contribution >= 0.6 is 0 Å². The summed E-state index contributed by atoms with van der Waals surface area (Å²) in [5.41, 5.74) is 3.17. The summed E-state index contributed by atoms with van der Waals surface area (Å²) in [6, 6.07) is 18.4. The predicted molar refractivity (Wildman–Crippen MR) is 100 cm³/mol. The summed E-state index contributed by atoms with van der Waals surface area (Å²) in [6.45, 7) is 0. The van der Waals surface area contributed by atoms with E-state index in [0.717, 1.165) is 35.0 Å². The number of fused-ring (bicyclic) bond motifs is 1. The van der Waals surface area contributed by atoms with Crippen molar-refractivity contribution in [1.29, 1.82) is 0 Å². The van der Waals surface area contributed by atoms with Gasteiger partial charge in [-0.15, -0.1) is 0 Å². The molecule has 0 fully saturated rings. The first kappa shape index (κ1) is 15.4. The number of amides is 1. The van der Waals surface area contributed by atoms with E-state index in [1.807, 2.05) is 48.7 Å². The minimum absolute atomic E-state index is 0.0448. The van der Waals surface area contributed by atoms with Crippen molar-refractivity contribution >= 4 is 22.4 Å². The van der Waals surface area contributed by atoms with Crippen LogP contribution in [0.1, 0.15) is 12.0 Å². The number of aromatic nitrogens is 1. The summed E-state index contributed by atoms with van der Waals surface area (Å²) < 4.78 is 0. The van der Waals surface area contributed by atoms with Gasteiger partial charge in [-0.3, -0.25) is 9.78 Å². The molecule has 1 aliphatic heterocycles. The van der Waals surface area contributed by atoms with Gasteiger partial charge in [0.05, 0.1) is 0 Å². The van der Waals surface area contributed by atoms with Crippen molar-refractivity contribution in [2.24, 2.45) is 0 Å². The lowest BCUT2D eigenvalue weighted by Crippen LogP contribution is -2.40. The van der Waals surface area contributed by atoms with Gasteiger partial charge in [0, 0.05) is 53.1 Å². The summed E-state index contributed by atoms with van der Waals surface area (Å²) in [5.74, 6) is -0.0448. The van der Waals surface area contributed by atoms with Crippen LogP contribution in [0.15, 0.2) is 78.8 Å². The van der Waals surface area contributed by atoms with Crippen LogP contribution in [0.5, 0.6) is 0 Å². The van der Waals surface area contributed by atoms with Gasteiger partial charge in [-0.05, 0) is 24.1 Å². The molecule has 1 aromatic heterocycles. The fourth-order valence-corrected chi connectivity index (χ4v) is 3.29. The Kier molecular flexibility index (Phi) is 4.17. The summed E-state index contributed by atoms with van der Waals surface area (Å²) >= 11 is 0. The summed E-state index contributed by atoms with van der Waals surface area (Å²) in [7, 11) is 0. The number of anilines is 1. The van der Waals surface area contributed by atoms with E-state index in [2.05, 4.69) is 27.8 Å². The molecule has 4 nitrogen and oxygen atoms in total. The molecule has 0 radical (unpaired) electrons. The molecule has 1 amide bonds. The highest BCUT2D eigenvalue weighted by Gasteiger charge is 2.20. The number of nitrogens with one attached hydrogen (secondary N) is 2. The standard InChI is InChI=1S/C21H19N3O/c25-21-13-18(12-17(24-21)11-15-5-2-1-3-6-15)23-20-8-4-7-16-14-22-10-9-19(16)20/h1-10,13-14,17,23H,11-12H2,(H,24,25). The fourth-order valence-electron chi connectivity index (χ4n) is 3.29. The molecular formula is C21H19N3O. The SMILES string of the molecule is O=C1C=C(Nc2cccc3cnccc23)CC(Cc2ccccc2)N1. The van der Waals surface area contributed by atoms with Crippen molar-refractivity contribution < 1.29 is 4.79 Å². The van der Waals surface area contributed by atoms with Gasteiger partial charge in [-0.1, -0.05) is 42.5 Å².